The maximum atomic E-state index is 12.2. The minimum absolute atomic E-state index is 0.163. The van der Waals surface area contributed by atoms with Gasteiger partial charge in [-0.3, -0.25) is 9.59 Å². The van der Waals surface area contributed by atoms with Crippen molar-refractivity contribution in [3.05, 3.63) is 51.3 Å². The summed E-state index contributed by atoms with van der Waals surface area (Å²) in [4.78, 5) is 23.9. The summed E-state index contributed by atoms with van der Waals surface area (Å²) in [5.74, 6) is 0.00518. The fourth-order valence-corrected chi connectivity index (χ4v) is 2.15. The van der Waals surface area contributed by atoms with Gasteiger partial charge in [-0.15, -0.1) is 0 Å². The summed E-state index contributed by atoms with van der Waals surface area (Å²) in [5.41, 5.74) is 1.24. The van der Waals surface area contributed by atoms with Crippen LogP contribution in [0.25, 0.3) is 11.3 Å². The average molecular weight is 305 g/mol. The zero-order valence-electron chi connectivity index (χ0n) is 12.3. The van der Waals surface area contributed by atoms with Gasteiger partial charge >= 0.3 is 0 Å². The number of nitrogens with zero attached hydrogens (tertiary/aromatic N) is 2. The van der Waals surface area contributed by atoms with Gasteiger partial charge in [0.25, 0.3) is 5.56 Å². The summed E-state index contributed by atoms with van der Waals surface area (Å²) in [5, 5.41) is 4.99. The number of rotatable bonds is 4. The smallest absolute Gasteiger partial charge is 0.277 e. The van der Waals surface area contributed by atoms with Crippen LogP contribution in [-0.4, -0.2) is 15.6 Å². The van der Waals surface area contributed by atoms with Gasteiger partial charge in [0.15, 0.2) is 5.78 Å². The normalized spacial score (nSPS) is 10.9. The monoisotopic (exact) mass is 304 g/mol. The molecule has 0 N–H and O–H groups in total. The molecule has 1 heterocycles. The summed E-state index contributed by atoms with van der Waals surface area (Å²) < 4.78 is 1.37. The first kappa shape index (κ1) is 15.4. The molecule has 0 aliphatic carbocycles. The molecule has 0 fully saturated rings. The van der Waals surface area contributed by atoms with Gasteiger partial charge in [0.2, 0.25) is 0 Å². The Labute approximate surface area is 128 Å². The van der Waals surface area contributed by atoms with E-state index in [0.717, 1.165) is 5.56 Å². The van der Waals surface area contributed by atoms with E-state index in [1.54, 1.807) is 18.2 Å². The first-order valence-electron chi connectivity index (χ1n) is 6.77. The largest absolute Gasteiger partial charge is 0.294 e. The van der Waals surface area contributed by atoms with Crippen LogP contribution in [0.15, 0.2) is 35.1 Å². The van der Waals surface area contributed by atoms with Crippen molar-refractivity contribution in [1.29, 1.82) is 0 Å². The Morgan fingerprint density at radius 1 is 1.29 bits per heavy atom. The van der Waals surface area contributed by atoms with E-state index in [4.69, 9.17) is 11.6 Å². The Kier molecular flexibility index (Phi) is 4.58. The van der Waals surface area contributed by atoms with Crippen LogP contribution in [0.5, 0.6) is 0 Å². The molecular formula is C16H17ClN2O2. The second kappa shape index (κ2) is 6.22. The number of carbonyl (C=O) groups excluding carboxylic acids is 1. The highest BCUT2D eigenvalue weighted by Gasteiger charge is 2.14. The van der Waals surface area contributed by atoms with E-state index in [0.29, 0.717) is 17.3 Å². The predicted molar refractivity (Wildman–Crippen MR) is 83.8 cm³/mol. The van der Waals surface area contributed by atoms with Crippen LogP contribution in [0.2, 0.25) is 5.02 Å². The van der Waals surface area contributed by atoms with Gasteiger partial charge in [0, 0.05) is 17.1 Å². The standard InChI is InChI=1S/C16H17ClN2O2/c1-10(2)9-19-16(21)14(11(3)20)8-15(18-19)12-4-6-13(17)7-5-12/h4-8,10H,9H2,1-3H3. The third-order valence-electron chi connectivity index (χ3n) is 3.03. The molecule has 1 aromatic carbocycles. The minimum Gasteiger partial charge on any atom is -0.294 e. The Bertz CT molecular complexity index is 718. The van der Waals surface area contributed by atoms with E-state index in [1.165, 1.54) is 11.6 Å². The third kappa shape index (κ3) is 3.58. The molecule has 1 aromatic heterocycles. The molecule has 0 saturated carbocycles. The first-order valence-corrected chi connectivity index (χ1v) is 7.15. The topological polar surface area (TPSA) is 52.0 Å². The highest BCUT2D eigenvalue weighted by molar-refractivity contribution is 6.30. The van der Waals surface area contributed by atoms with Crippen LogP contribution in [0.3, 0.4) is 0 Å². The summed E-state index contributed by atoms with van der Waals surface area (Å²) in [6.07, 6.45) is 0. The molecule has 0 atom stereocenters. The number of ketones is 1. The quantitative estimate of drug-likeness (QED) is 0.813. The molecule has 0 amide bonds. The molecule has 0 radical (unpaired) electrons. The van der Waals surface area contributed by atoms with Crippen LogP contribution in [0.1, 0.15) is 31.1 Å². The van der Waals surface area contributed by atoms with Crippen LogP contribution in [-0.2, 0) is 6.54 Å². The lowest BCUT2D eigenvalue weighted by molar-refractivity contribution is 0.101. The molecule has 0 unspecified atom stereocenters. The predicted octanol–water partition coefficient (Wildman–Crippen LogP) is 3.42. The summed E-state index contributed by atoms with van der Waals surface area (Å²) in [7, 11) is 0. The van der Waals surface area contributed by atoms with Gasteiger partial charge < -0.3 is 0 Å². The van der Waals surface area contributed by atoms with Gasteiger partial charge in [0.1, 0.15) is 0 Å². The molecule has 110 valence electrons. The van der Waals surface area contributed by atoms with Gasteiger partial charge in [-0.2, -0.15) is 5.10 Å². The van der Waals surface area contributed by atoms with E-state index in [9.17, 15) is 9.59 Å². The summed E-state index contributed by atoms with van der Waals surface area (Å²) in [6, 6.07) is 8.69. The van der Waals surface area contributed by atoms with Crippen molar-refractivity contribution in [2.45, 2.75) is 27.3 Å². The lowest BCUT2D eigenvalue weighted by atomic mass is 10.1. The summed E-state index contributed by atoms with van der Waals surface area (Å²) >= 11 is 5.88. The molecule has 2 rings (SSSR count). The molecule has 2 aromatic rings. The van der Waals surface area contributed by atoms with E-state index < -0.39 is 0 Å². The zero-order chi connectivity index (χ0) is 15.6. The fourth-order valence-electron chi connectivity index (χ4n) is 2.03. The van der Waals surface area contributed by atoms with E-state index >= 15 is 0 Å². The van der Waals surface area contributed by atoms with Crippen molar-refractivity contribution in [2.24, 2.45) is 5.92 Å². The van der Waals surface area contributed by atoms with E-state index in [-0.39, 0.29) is 22.8 Å². The maximum absolute atomic E-state index is 12.2. The lowest BCUT2D eigenvalue weighted by Gasteiger charge is -2.11. The third-order valence-corrected chi connectivity index (χ3v) is 3.28. The van der Waals surface area contributed by atoms with Gasteiger partial charge in [-0.1, -0.05) is 37.6 Å². The summed E-state index contributed by atoms with van der Waals surface area (Å²) in [6.45, 7) is 5.86. The maximum Gasteiger partial charge on any atom is 0.277 e. The number of hydrogen-bond acceptors (Lipinski definition) is 3. The highest BCUT2D eigenvalue weighted by Crippen LogP contribution is 2.19. The van der Waals surface area contributed by atoms with Crippen LogP contribution in [0.4, 0.5) is 0 Å². The average Bonchev–Trinajstić information content (AvgIpc) is 2.41. The van der Waals surface area contributed by atoms with Gasteiger partial charge in [-0.05, 0) is 31.0 Å². The molecule has 5 heteroatoms. The second-order valence-electron chi connectivity index (χ2n) is 5.39. The minimum atomic E-state index is -0.339. The molecule has 0 bridgehead atoms. The van der Waals surface area contributed by atoms with Crippen molar-refractivity contribution in [1.82, 2.24) is 9.78 Å². The van der Waals surface area contributed by atoms with Crippen molar-refractivity contribution in [3.8, 4) is 11.3 Å². The van der Waals surface area contributed by atoms with E-state index in [2.05, 4.69) is 5.10 Å². The first-order chi connectivity index (χ1) is 9.88. The molecule has 0 spiro atoms. The SMILES string of the molecule is CC(=O)c1cc(-c2ccc(Cl)cc2)nn(CC(C)C)c1=O. The number of Topliss-reactive ketones (excluding diaryl/α,β-unsaturated/α-hetero) is 1. The highest BCUT2D eigenvalue weighted by atomic mass is 35.5. The van der Waals surface area contributed by atoms with Crippen molar-refractivity contribution in [2.75, 3.05) is 0 Å². The van der Waals surface area contributed by atoms with Crippen LogP contribution in [0, 0.1) is 5.92 Å². The Morgan fingerprint density at radius 3 is 2.43 bits per heavy atom. The van der Waals surface area contributed by atoms with Crippen molar-refractivity contribution < 1.29 is 4.79 Å². The zero-order valence-corrected chi connectivity index (χ0v) is 13.0. The lowest BCUT2D eigenvalue weighted by Crippen LogP contribution is -2.29. The molecule has 4 nitrogen and oxygen atoms in total. The number of benzene rings is 1. The van der Waals surface area contributed by atoms with E-state index in [1.807, 2.05) is 26.0 Å². The number of halogens is 1. The molecular weight excluding hydrogens is 288 g/mol. The Morgan fingerprint density at radius 2 is 1.90 bits per heavy atom. The van der Waals surface area contributed by atoms with Crippen molar-refractivity contribution in [3.63, 3.8) is 0 Å². The molecule has 21 heavy (non-hydrogen) atoms. The molecule has 0 aliphatic heterocycles. The number of hydrogen-bond donors (Lipinski definition) is 0. The Balaban J connectivity index is 2.61. The number of aromatic nitrogens is 2. The molecule has 0 aliphatic rings. The second-order valence-corrected chi connectivity index (χ2v) is 5.82. The van der Waals surface area contributed by atoms with Gasteiger partial charge in [0.05, 0.1) is 11.3 Å². The number of carbonyl (C=O) groups is 1. The van der Waals surface area contributed by atoms with Crippen LogP contribution >= 0.6 is 11.6 Å². The molecule has 0 saturated heterocycles. The fraction of sp³-hybridized carbons (Fsp3) is 0.312. The van der Waals surface area contributed by atoms with Gasteiger partial charge in [-0.25, -0.2) is 4.68 Å². The van der Waals surface area contributed by atoms with Crippen molar-refractivity contribution >= 4 is 17.4 Å². The Hall–Kier alpha value is -1.94. The van der Waals surface area contributed by atoms with Crippen LogP contribution < -0.4 is 5.56 Å².